The van der Waals surface area contributed by atoms with Crippen LogP contribution in [0.3, 0.4) is 0 Å². The average Bonchev–Trinajstić information content (AvgIpc) is 2.19. The molecule has 90 valence electrons. The zero-order valence-corrected chi connectivity index (χ0v) is 11.5. The summed E-state index contributed by atoms with van der Waals surface area (Å²) in [7, 11) is 0. The molecule has 2 unspecified atom stereocenters. The summed E-state index contributed by atoms with van der Waals surface area (Å²) in [6.07, 6.45) is 0.884. The van der Waals surface area contributed by atoms with E-state index in [1.165, 1.54) is 0 Å². The number of rotatable bonds is 4. The smallest absolute Gasteiger partial charge is 0.0624 e. The molecule has 0 heterocycles. The Hall–Kier alpha value is -0.240. The molecule has 2 atom stereocenters. The van der Waals surface area contributed by atoms with Crippen LogP contribution in [-0.4, -0.2) is 6.04 Å². The summed E-state index contributed by atoms with van der Waals surface area (Å²) in [5.41, 5.74) is 7.09. The molecule has 1 rings (SSSR count). The average molecular weight is 260 g/mol. The Balaban J connectivity index is 2.90. The van der Waals surface area contributed by atoms with Crippen molar-refractivity contribution in [2.75, 3.05) is 0 Å². The first kappa shape index (κ1) is 13.8. The molecule has 0 spiro atoms. The molecule has 0 aromatic heterocycles. The fourth-order valence-electron chi connectivity index (χ4n) is 1.99. The second kappa shape index (κ2) is 5.90. The minimum Gasteiger partial charge on any atom is -0.328 e. The highest BCUT2D eigenvalue weighted by Gasteiger charge is 2.19. The maximum absolute atomic E-state index is 6.17. The van der Waals surface area contributed by atoms with Crippen molar-refractivity contribution in [2.24, 2.45) is 17.6 Å². The lowest BCUT2D eigenvalue weighted by molar-refractivity contribution is 0.330. The van der Waals surface area contributed by atoms with Crippen LogP contribution in [0.2, 0.25) is 10.0 Å². The van der Waals surface area contributed by atoms with E-state index in [-0.39, 0.29) is 6.04 Å². The Morgan fingerprint density at radius 2 is 1.81 bits per heavy atom. The fourth-order valence-corrected chi connectivity index (χ4v) is 2.39. The normalized spacial score (nSPS) is 15.2. The van der Waals surface area contributed by atoms with Crippen molar-refractivity contribution in [3.63, 3.8) is 0 Å². The molecule has 0 saturated carbocycles. The fraction of sp³-hybridized carbons (Fsp3) is 0.538. The van der Waals surface area contributed by atoms with Gasteiger partial charge in [0, 0.05) is 6.04 Å². The third kappa shape index (κ3) is 3.38. The number of nitrogens with two attached hydrogens (primary N) is 1. The van der Waals surface area contributed by atoms with Gasteiger partial charge >= 0.3 is 0 Å². The van der Waals surface area contributed by atoms with E-state index < -0.39 is 0 Å². The monoisotopic (exact) mass is 259 g/mol. The summed E-state index contributed by atoms with van der Waals surface area (Å²) in [5.74, 6) is 0.964. The third-order valence-electron chi connectivity index (χ3n) is 3.02. The van der Waals surface area contributed by atoms with Crippen molar-refractivity contribution in [1.29, 1.82) is 0 Å². The van der Waals surface area contributed by atoms with Gasteiger partial charge in [-0.25, -0.2) is 0 Å². The second-order valence-electron chi connectivity index (χ2n) is 4.68. The summed E-state index contributed by atoms with van der Waals surface area (Å²) >= 11 is 12.2. The van der Waals surface area contributed by atoms with Gasteiger partial charge in [0.25, 0.3) is 0 Å². The highest BCUT2D eigenvalue weighted by molar-refractivity contribution is 6.42. The third-order valence-corrected chi connectivity index (χ3v) is 3.88. The van der Waals surface area contributed by atoms with Crippen LogP contribution in [0.5, 0.6) is 0 Å². The number of hydrogen-bond acceptors (Lipinski definition) is 1. The molecule has 0 aliphatic heterocycles. The highest BCUT2D eigenvalue weighted by atomic mass is 35.5. The molecule has 0 saturated heterocycles. The maximum atomic E-state index is 6.17. The van der Waals surface area contributed by atoms with E-state index >= 15 is 0 Å². The van der Waals surface area contributed by atoms with Crippen LogP contribution in [-0.2, 0) is 6.42 Å². The lowest BCUT2D eigenvalue weighted by atomic mass is 9.84. The van der Waals surface area contributed by atoms with Crippen molar-refractivity contribution < 1.29 is 0 Å². The van der Waals surface area contributed by atoms with Gasteiger partial charge in [0.1, 0.15) is 0 Å². The van der Waals surface area contributed by atoms with Gasteiger partial charge in [-0.3, -0.25) is 0 Å². The van der Waals surface area contributed by atoms with Crippen LogP contribution in [0.15, 0.2) is 18.2 Å². The Morgan fingerprint density at radius 3 is 2.31 bits per heavy atom. The van der Waals surface area contributed by atoms with Crippen molar-refractivity contribution in [3.05, 3.63) is 33.8 Å². The number of benzene rings is 1. The van der Waals surface area contributed by atoms with Crippen molar-refractivity contribution in [3.8, 4) is 0 Å². The van der Waals surface area contributed by atoms with Gasteiger partial charge in [0.2, 0.25) is 0 Å². The molecule has 1 aromatic carbocycles. The minimum atomic E-state index is 0.162. The number of halogens is 2. The lowest BCUT2D eigenvalue weighted by Crippen LogP contribution is -2.32. The van der Waals surface area contributed by atoms with E-state index in [4.69, 9.17) is 28.9 Å². The molecule has 0 aliphatic rings. The lowest BCUT2D eigenvalue weighted by Gasteiger charge is -2.25. The first-order valence-electron chi connectivity index (χ1n) is 5.62. The van der Waals surface area contributed by atoms with Crippen LogP contribution >= 0.6 is 23.2 Å². The van der Waals surface area contributed by atoms with Gasteiger partial charge in [0.15, 0.2) is 0 Å². The van der Waals surface area contributed by atoms with Crippen LogP contribution in [0, 0.1) is 11.8 Å². The van der Waals surface area contributed by atoms with Crippen LogP contribution < -0.4 is 5.73 Å². The second-order valence-corrected chi connectivity index (χ2v) is 5.47. The van der Waals surface area contributed by atoms with E-state index in [9.17, 15) is 0 Å². The molecule has 0 radical (unpaired) electrons. The molecule has 1 nitrogen and oxygen atoms in total. The zero-order chi connectivity index (χ0) is 12.3. The van der Waals surface area contributed by atoms with Gasteiger partial charge in [-0.05, 0) is 36.8 Å². The first-order chi connectivity index (χ1) is 7.43. The Morgan fingerprint density at radius 1 is 1.19 bits per heavy atom. The summed E-state index contributed by atoms with van der Waals surface area (Å²) < 4.78 is 0. The predicted molar refractivity (Wildman–Crippen MR) is 72.1 cm³/mol. The molecular formula is C13H19Cl2N. The molecule has 0 aliphatic carbocycles. The van der Waals surface area contributed by atoms with Gasteiger partial charge in [-0.1, -0.05) is 49.2 Å². The Bertz CT molecular complexity index is 340. The molecule has 16 heavy (non-hydrogen) atoms. The Kier molecular flexibility index (Phi) is 5.10. The number of hydrogen-bond donors (Lipinski definition) is 1. The maximum Gasteiger partial charge on any atom is 0.0624 e. The Labute approximate surface area is 108 Å². The van der Waals surface area contributed by atoms with Crippen LogP contribution in [0.4, 0.5) is 0 Å². The summed E-state index contributed by atoms with van der Waals surface area (Å²) in [6, 6.07) is 5.92. The van der Waals surface area contributed by atoms with Crippen LogP contribution in [0.25, 0.3) is 0 Å². The quantitative estimate of drug-likeness (QED) is 0.864. The van der Waals surface area contributed by atoms with Crippen molar-refractivity contribution in [1.82, 2.24) is 0 Å². The highest BCUT2D eigenvalue weighted by Crippen LogP contribution is 2.29. The van der Waals surface area contributed by atoms with E-state index in [2.05, 4.69) is 13.8 Å². The predicted octanol–water partition coefficient (Wildman–Crippen LogP) is 4.16. The van der Waals surface area contributed by atoms with E-state index in [1.807, 2.05) is 25.1 Å². The largest absolute Gasteiger partial charge is 0.328 e. The molecule has 0 amide bonds. The molecule has 0 bridgehead atoms. The summed E-state index contributed by atoms with van der Waals surface area (Å²) in [6.45, 7) is 6.42. The summed E-state index contributed by atoms with van der Waals surface area (Å²) in [5, 5.41) is 1.28. The standard InChI is InChI=1S/C13H19Cl2N/c1-8(2)11(9(3)16)7-10-5-4-6-12(14)13(10)15/h4-6,8-9,11H,7,16H2,1-3H3. The van der Waals surface area contributed by atoms with Crippen LogP contribution in [0.1, 0.15) is 26.3 Å². The molecule has 1 aromatic rings. The summed E-state index contributed by atoms with van der Waals surface area (Å²) in [4.78, 5) is 0. The zero-order valence-electron chi connectivity index (χ0n) is 10.0. The van der Waals surface area contributed by atoms with Gasteiger partial charge < -0.3 is 5.73 Å². The van der Waals surface area contributed by atoms with Gasteiger partial charge in [-0.15, -0.1) is 0 Å². The van der Waals surface area contributed by atoms with Crippen molar-refractivity contribution in [2.45, 2.75) is 33.2 Å². The molecule has 0 fully saturated rings. The first-order valence-corrected chi connectivity index (χ1v) is 6.37. The minimum absolute atomic E-state index is 0.162. The van der Waals surface area contributed by atoms with E-state index in [1.54, 1.807) is 0 Å². The van der Waals surface area contributed by atoms with Crippen molar-refractivity contribution >= 4 is 23.2 Å². The van der Waals surface area contributed by atoms with Gasteiger partial charge in [-0.2, -0.15) is 0 Å². The molecular weight excluding hydrogens is 241 g/mol. The molecule has 3 heteroatoms. The SMILES string of the molecule is CC(C)C(Cc1cccc(Cl)c1Cl)C(C)N. The topological polar surface area (TPSA) is 26.0 Å². The van der Waals surface area contributed by atoms with E-state index in [0.717, 1.165) is 12.0 Å². The molecule has 2 N–H and O–H groups in total. The van der Waals surface area contributed by atoms with Gasteiger partial charge in [0.05, 0.1) is 10.0 Å². The van der Waals surface area contributed by atoms with E-state index in [0.29, 0.717) is 21.9 Å².